The summed E-state index contributed by atoms with van der Waals surface area (Å²) in [5.74, 6) is 0.699. The molecular weight excluding hydrogens is 317 g/mol. The van der Waals surface area contributed by atoms with Crippen LogP contribution in [0.5, 0.6) is 0 Å². The van der Waals surface area contributed by atoms with Crippen LogP contribution in [0.25, 0.3) is 10.2 Å². The van der Waals surface area contributed by atoms with Crippen LogP contribution in [0.2, 0.25) is 0 Å². The minimum Gasteiger partial charge on any atom is -0.244 e. The number of rotatable bonds is 3. The van der Waals surface area contributed by atoms with Crippen molar-refractivity contribution in [2.45, 2.75) is 32.6 Å². The topological polar surface area (TPSA) is 12.9 Å². The summed E-state index contributed by atoms with van der Waals surface area (Å²) in [6.07, 6.45) is 2.44. The number of aromatic nitrogens is 1. The average molecular weight is 331 g/mol. The van der Waals surface area contributed by atoms with E-state index in [2.05, 4.69) is 53.6 Å². The maximum atomic E-state index is 4.38. The highest BCUT2D eigenvalue weighted by Crippen LogP contribution is 2.30. The Labute approximate surface area is 108 Å². The summed E-state index contributed by atoms with van der Waals surface area (Å²) >= 11 is 4.13. The average Bonchev–Trinajstić information content (AvgIpc) is 2.68. The third-order valence-electron chi connectivity index (χ3n) is 2.87. The maximum Gasteiger partial charge on any atom is 0.0945 e. The highest BCUT2D eigenvalue weighted by atomic mass is 127. The molecule has 0 N–H and O–H groups in total. The van der Waals surface area contributed by atoms with Gasteiger partial charge in [-0.2, -0.15) is 0 Å². The number of hydrogen-bond acceptors (Lipinski definition) is 2. The van der Waals surface area contributed by atoms with Crippen LogP contribution in [-0.2, 0) is 0 Å². The van der Waals surface area contributed by atoms with Gasteiger partial charge < -0.3 is 0 Å². The molecular formula is C12H14INS. The molecule has 0 fully saturated rings. The van der Waals surface area contributed by atoms with Gasteiger partial charge in [-0.05, 0) is 59.0 Å². The molecule has 0 aliphatic rings. The van der Waals surface area contributed by atoms with Gasteiger partial charge in [0.05, 0.1) is 15.7 Å². The van der Waals surface area contributed by atoms with Crippen molar-refractivity contribution in [3.63, 3.8) is 0 Å². The minimum atomic E-state index is 0.699. The first-order valence-electron chi connectivity index (χ1n) is 5.28. The smallest absolute Gasteiger partial charge is 0.0945 e. The molecule has 0 bridgehead atoms. The van der Waals surface area contributed by atoms with Crippen molar-refractivity contribution in [2.75, 3.05) is 0 Å². The van der Waals surface area contributed by atoms with Gasteiger partial charge in [0.1, 0.15) is 0 Å². The molecule has 0 atom stereocenters. The quantitative estimate of drug-likeness (QED) is 0.736. The second-order valence-corrected chi connectivity index (χ2v) is 5.76. The molecule has 1 nitrogen and oxygen atoms in total. The minimum absolute atomic E-state index is 0.699. The van der Waals surface area contributed by atoms with Crippen LogP contribution in [0.15, 0.2) is 17.6 Å². The molecule has 0 saturated heterocycles. The van der Waals surface area contributed by atoms with Crippen LogP contribution >= 0.6 is 33.9 Å². The standard InChI is InChI=1S/C12H14INS/c1-3-8(4-2)9-5-10(13)12-11(6-9)15-7-14-12/h5-8H,3-4H2,1-2H3. The van der Waals surface area contributed by atoms with E-state index in [-0.39, 0.29) is 0 Å². The van der Waals surface area contributed by atoms with Crippen molar-refractivity contribution >= 4 is 44.1 Å². The van der Waals surface area contributed by atoms with Gasteiger partial charge in [-0.25, -0.2) is 4.98 Å². The molecule has 0 radical (unpaired) electrons. The fraction of sp³-hybridized carbons (Fsp3) is 0.417. The molecule has 3 heteroatoms. The zero-order valence-corrected chi connectivity index (χ0v) is 11.9. The molecule has 80 valence electrons. The van der Waals surface area contributed by atoms with E-state index in [1.807, 2.05) is 5.51 Å². The molecule has 1 aromatic heterocycles. The van der Waals surface area contributed by atoms with Crippen molar-refractivity contribution in [1.29, 1.82) is 0 Å². The monoisotopic (exact) mass is 331 g/mol. The summed E-state index contributed by atoms with van der Waals surface area (Å²) in [7, 11) is 0. The second kappa shape index (κ2) is 4.78. The van der Waals surface area contributed by atoms with Crippen LogP contribution < -0.4 is 0 Å². The van der Waals surface area contributed by atoms with Crippen molar-refractivity contribution in [3.05, 3.63) is 26.8 Å². The van der Waals surface area contributed by atoms with E-state index < -0.39 is 0 Å². The fourth-order valence-electron chi connectivity index (χ4n) is 1.94. The first kappa shape index (κ1) is 11.3. The van der Waals surface area contributed by atoms with E-state index >= 15 is 0 Å². The van der Waals surface area contributed by atoms with Crippen LogP contribution in [0, 0.1) is 3.57 Å². The summed E-state index contributed by atoms with van der Waals surface area (Å²) < 4.78 is 2.61. The lowest BCUT2D eigenvalue weighted by Gasteiger charge is -2.13. The summed E-state index contributed by atoms with van der Waals surface area (Å²) in [4.78, 5) is 4.38. The first-order valence-corrected chi connectivity index (χ1v) is 7.24. The van der Waals surface area contributed by atoms with Gasteiger partial charge >= 0.3 is 0 Å². The van der Waals surface area contributed by atoms with Gasteiger partial charge in [0, 0.05) is 3.57 Å². The Morgan fingerprint density at radius 3 is 2.73 bits per heavy atom. The van der Waals surface area contributed by atoms with Gasteiger partial charge in [-0.3, -0.25) is 0 Å². The largest absolute Gasteiger partial charge is 0.244 e. The Hall–Kier alpha value is -0.160. The summed E-state index contributed by atoms with van der Waals surface area (Å²) in [6, 6.07) is 4.60. The molecule has 1 heterocycles. The van der Waals surface area contributed by atoms with Crippen molar-refractivity contribution in [1.82, 2.24) is 4.98 Å². The number of thiazole rings is 1. The van der Waals surface area contributed by atoms with Gasteiger partial charge in [-0.15, -0.1) is 11.3 Å². The highest BCUT2D eigenvalue weighted by Gasteiger charge is 2.10. The lowest BCUT2D eigenvalue weighted by Crippen LogP contribution is -1.95. The molecule has 15 heavy (non-hydrogen) atoms. The number of halogens is 1. The van der Waals surface area contributed by atoms with Crippen LogP contribution in [0.3, 0.4) is 0 Å². The molecule has 0 unspecified atom stereocenters. The molecule has 0 aliphatic carbocycles. The fourth-order valence-corrected chi connectivity index (χ4v) is 3.66. The SMILES string of the molecule is CCC(CC)c1cc(I)c2ncsc2c1. The molecule has 1 aromatic carbocycles. The third kappa shape index (κ3) is 2.18. The number of benzene rings is 1. The highest BCUT2D eigenvalue weighted by molar-refractivity contribution is 14.1. The van der Waals surface area contributed by atoms with E-state index in [0.717, 1.165) is 5.52 Å². The van der Waals surface area contributed by atoms with E-state index in [9.17, 15) is 0 Å². The zero-order chi connectivity index (χ0) is 10.8. The van der Waals surface area contributed by atoms with Crippen LogP contribution in [0.1, 0.15) is 38.2 Å². The molecule has 0 saturated carbocycles. The second-order valence-electron chi connectivity index (χ2n) is 3.72. The van der Waals surface area contributed by atoms with E-state index in [1.165, 1.54) is 26.7 Å². The molecule has 0 aliphatic heterocycles. The summed E-state index contributed by atoms with van der Waals surface area (Å²) in [5.41, 5.74) is 4.57. The van der Waals surface area contributed by atoms with Gasteiger partial charge in [0.2, 0.25) is 0 Å². The number of hydrogen-bond donors (Lipinski definition) is 0. The third-order valence-corrected chi connectivity index (χ3v) is 4.47. The van der Waals surface area contributed by atoms with Crippen molar-refractivity contribution < 1.29 is 0 Å². The zero-order valence-electron chi connectivity index (χ0n) is 8.96. The lowest BCUT2D eigenvalue weighted by molar-refractivity contribution is 0.642. The molecule has 2 rings (SSSR count). The first-order chi connectivity index (χ1) is 7.26. The van der Waals surface area contributed by atoms with E-state index in [1.54, 1.807) is 11.3 Å². The maximum absolute atomic E-state index is 4.38. The predicted molar refractivity (Wildman–Crippen MR) is 75.7 cm³/mol. The lowest BCUT2D eigenvalue weighted by atomic mass is 9.94. The Bertz CT molecular complexity index is 460. The summed E-state index contributed by atoms with van der Waals surface area (Å²) in [6.45, 7) is 4.52. The molecule has 0 spiro atoms. The Kier molecular flexibility index (Phi) is 3.61. The Balaban J connectivity index is 2.52. The van der Waals surface area contributed by atoms with Crippen LogP contribution in [0.4, 0.5) is 0 Å². The van der Waals surface area contributed by atoms with Crippen molar-refractivity contribution in [2.24, 2.45) is 0 Å². The van der Waals surface area contributed by atoms with Gasteiger partial charge in [-0.1, -0.05) is 13.8 Å². The van der Waals surface area contributed by atoms with Crippen molar-refractivity contribution in [3.8, 4) is 0 Å². The summed E-state index contributed by atoms with van der Waals surface area (Å²) in [5, 5.41) is 0. The van der Waals surface area contributed by atoms with Crippen LogP contribution in [-0.4, -0.2) is 4.98 Å². The Morgan fingerprint density at radius 2 is 2.07 bits per heavy atom. The van der Waals surface area contributed by atoms with Gasteiger partial charge in [0.25, 0.3) is 0 Å². The van der Waals surface area contributed by atoms with E-state index in [4.69, 9.17) is 0 Å². The normalized spacial score (nSPS) is 11.5. The van der Waals surface area contributed by atoms with E-state index in [0.29, 0.717) is 5.92 Å². The molecule has 2 aromatic rings. The number of fused-ring (bicyclic) bond motifs is 1. The number of nitrogens with zero attached hydrogens (tertiary/aromatic N) is 1. The predicted octanol–water partition coefficient (Wildman–Crippen LogP) is 4.80. The Morgan fingerprint density at radius 1 is 1.33 bits per heavy atom. The van der Waals surface area contributed by atoms with Gasteiger partial charge in [0.15, 0.2) is 0 Å². The molecule has 0 amide bonds.